The second-order valence-electron chi connectivity index (χ2n) is 6.32. The van der Waals surface area contributed by atoms with Crippen molar-refractivity contribution >= 4 is 5.91 Å². The van der Waals surface area contributed by atoms with Crippen molar-refractivity contribution in [3.63, 3.8) is 0 Å². The Morgan fingerprint density at radius 1 is 1.27 bits per heavy atom. The molecule has 0 saturated carbocycles. The number of amides is 1. The summed E-state index contributed by atoms with van der Waals surface area (Å²) in [5.41, 5.74) is 8.29. The molecule has 5 nitrogen and oxygen atoms in total. The quantitative estimate of drug-likeness (QED) is 0.858. The summed E-state index contributed by atoms with van der Waals surface area (Å²) >= 11 is 0. The van der Waals surface area contributed by atoms with Crippen molar-refractivity contribution in [1.29, 1.82) is 0 Å². The summed E-state index contributed by atoms with van der Waals surface area (Å²) in [6, 6.07) is 8.59. The highest BCUT2D eigenvalue weighted by atomic mass is 16.5. The van der Waals surface area contributed by atoms with Crippen LogP contribution in [0.3, 0.4) is 0 Å². The summed E-state index contributed by atoms with van der Waals surface area (Å²) in [6.07, 6.45) is 2.30. The molecular formula is C17H25N3O2. The lowest BCUT2D eigenvalue weighted by Crippen LogP contribution is -2.57. The van der Waals surface area contributed by atoms with Crippen LogP contribution < -0.4 is 11.1 Å². The summed E-state index contributed by atoms with van der Waals surface area (Å²) in [7, 11) is 0. The third-order valence-corrected chi connectivity index (χ3v) is 4.76. The number of carbonyl (C=O) groups is 1. The van der Waals surface area contributed by atoms with E-state index in [0.29, 0.717) is 32.6 Å². The number of ether oxygens (including phenoxy) is 1. The van der Waals surface area contributed by atoms with Crippen molar-refractivity contribution < 1.29 is 9.53 Å². The standard InChI is InChI=1S/C17H25N3O2/c18-17(6-11-22-12-7-17)16(21)19-8-10-20-9-5-14-3-1-2-4-15(14)13-20/h1-4H,5-13,18H2,(H,19,21). The first-order chi connectivity index (χ1) is 10.7. The molecule has 0 bridgehead atoms. The first-order valence-corrected chi connectivity index (χ1v) is 8.11. The normalized spacial score (nSPS) is 21.1. The molecule has 0 unspecified atom stereocenters. The summed E-state index contributed by atoms with van der Waals surface area (Å²) in [4.78, 5) is 14.6. The molecule has 3 rings (SSSR count). The van der Waals surface area contributed by atoms with Gasteiger partial charge in [-0.15, -0.1) is 0 Å². The van der Waals surface area contributed by atoms with Crippen LogP contribution in [0.1, 0.15) is 24.0 Å². The molecule has 1 amide bonds. The van der Waals surface area contributed by atoms with Crippen molar-refractivity contribution in [3.8, 4) is 0 Å². The average molecular weight is 303 g/mol. The van der Waals surface area contributed by atoms with E-state index in [0.717, 1.165) is 26.1 Å². The van der Waals surface area contributed by atoms with Gasteiger partial charge in [-0.1, -0.05) is 24.3 Å². The Hall–Kier alpha value is -1.43. The Bertz CT molecular complexity index is 526. The van der Waals surface area contributed by atoms with Gasteiger partial charge in [0.1, 0.15) is 0 Å². The van der Waals surface area contributed by atoms with Gasteiger partial charge in [0.25, 0.3) is 0 Å². The van der Waals surface area contributed by atoms with Crippen LogP contribution >= 0.6 is 0 Å². The first kappa shape index (κ1) is 15.5. The van der Waals surface area contributed by atoms with E-state index in [-0.39, 0.29) is 5.91 Å². The molecule has 5 heteroatoms. The van der Waals surface area contributed by atoms with Crippen molar-refractivity contribution in [1.82, 2.24) is 10.2 Å². The van der Waals surface area contributed by atoms with Gasteiger partial charge in [0.05, 0.1) is 5.54 Å². The van der Waals surface area contributed by atoms with E-state index >= 15 is 0 Å². The largest absolute Gasteiger partial charge is 0.381 e. The Balaban J connectivity index is 1.45. The molecule has 0 radical (unpaired) electrons. The zero-order chi connectivity index (χ0) is 15.4. The number of fused-ring (bicyclic) bond motifs is 1. The van der Waals surface area contributed by atoms with Gasteiger partial charge in [-0.2, -0.15) is 0 Å². The van der Waals surface area contributed by atoms with Crippen LogP contribution in [0.2, 0.25) is 0 Å². The molecule has 1 aromatic carbocycles. The fraction of sp³-hybridized carbons (Fsp3) is 0.588. The molecule has 2 aliphatic heterocycles. The predicted molar refractivity (Wildman–Crippen MR) is 85.4 cm³/mol. The molecule has 0 aromatic heterocycles. The lowest BCUT2D eigenvalue weighted by molar-refractivity contribution is -0.129. The SMILES string of the molecule is NC1(C(=O)NCCN2CCc3ccccc3C2)CCOCC1. The number of hydrogen-bond donors (Lipinski definition) is 2. The molecule has 0 spiro atoms. The Morgan fingerprint density at radius 3 is 2.77 bits per heavy atom. The topological polar surface area (TPSA) is 67.6 Å². The van der Waals surface area contributed by atoms with Gasteiger partial charge in [0, 0.05) is 39.4 Å². The lowest BCUT2D eigenvalue weighted by atomic mass is 9.90. The lowest BCUT2D eigenvalue weighted by Gasteiger charge is -2.33. The molecule has 1 saturated heterocycles. The van der Waals surface area contributed by atoms with Crippen LogP contribution in [-0.4, -0.2) is 49.2 Å². The number of nitrogens with two attached hydrogens (primary N) is 1. The molecule has 1 fully saturated rings. The Morgan fingerprint density at radius 2 is 2.00 bits per heavy atom. The van der Waals surface area contributed by atoms with Gasteiger partial charge in [-0.05, 0) is 30.4 Å². The number of carbonyl (C=O) groups excluding carboxylic acids is 1. The number of benzene rings is 1. The second-order valence-corrected chi connectivity index (χ2v) is 6.32. The number of nitrogens with zero attached hydrogens (tertiary/aromatic N) is 1. The van der Waals surface area contributed by atoms with E-state index in [1.54, 1.807) is 0 Å². The summed E-state index contributed by atoms with van der Waals surface area (Å²) in [5, 5.41) is 3.00. The molecule has 0 atom stereocenters. The van der Waals surface area contributed by atoms with Crippen LogP contribution in [0.25, 0.3) is 0 Å². The maximum atomic E-state index is 12.2. The van der Waals surface area contributed by atoms with E-state index in [4.69, 9.17) is 10.5 Å². The molecule has 0 aliphatic carbocycles. The fourth-order valence-corrected chi connectivity index (χ4v) is 3.21. The zero-order valence-electron chi connectivity index (χ0n) is 13.0. The highest BCUT2D eigenvalue weighted by Crippen LogP contribution is 2.19. The summed E-state index contributed by atoms with van der Waals surface area (Å²) in [6.45, 7) is 4.69. The molecule has 3 N–H and O–H groups in total. The molecule has 22 heavy (non-hydrogen) atoms. The summed E-state index contributed by atoms with van der Waals surface area (Å²) in [5.74, 6) is -0.0341. The third kappa shape index (κ3) is 3.48. The number of hydrogen-bond acceptors (Lipinski definition) is 4. The van der Waals surface area contributed by atoms with Gasteiger partial charge in [0.15, 0.2) is 0 Å². The van der Waals surface area contributed by atoms with Gasteiger partial charge < -0.3 is 15.8 Å². The van der Waals surface area contributed by atoms with Crippen LogP contribution in [-0.2, 0) is 22.5 Å². The highest BCUT2D eigenvalue weighted by molar-refractivity contribution is 5.86. The molecule has 2 heterocycles. The first-order valence-electron chi connectivity index (χ1n) is 8.11. The van der Waals surface area contributed by atoms with Crippen LogP contribution in [0.5, 0.6) is 0 Å². The Labute approximate surface area is 131 Å². The monoisotopic (exact) mass is 303 g/mol. The van der Waals surface area contributed by atoms with Crippen LogP contribution in [0, 0.1) is 0 Å². The van der Waals surface area contributed by atoms with E-state index in [9.17, 15) is 4.79 Å². The number of rotatable bonds is 4. The molecule has 2 aliphatic rings. The van der Waals surface area contributed by atoms with Crippen LogP contribution in [0.15, 0.2) is 24.3 Å². The minimum Gasteiger partial charge on any atom is -0.381 e. The fourth-order valence-electron chi connectivity index (χ4n) is 3.21. The smallest absolute Gasteiger partial charge is 0.240 e. The zero-order valence-corrected chi connectivity index (χ0v) is 13.0. The van der Waals surface area contributed by atoms with E-state index < -0.39 is 5.54 Å². The Kier molecular flexibility index (Phi) is 4.76. The van der Waals surface area contributed by atoms with Crippen molar-refractivity contribution in [3.05, 3.63) is 35.4 Å². The average Bonchev–Trinajstić information content (AvgIpc) is 2.55. The summed E-state index contributed by atoms with van der Waals surface area (Å²) < 4.78 is 5.28. The van der Waals surface area contributed by atoms with Crippen molar-refractivity contribution in [2.45, 2.75) is 31.3 Å². The molecule has 120 valence electrons. The van der Waals surface area contributed by atoms with Gasteiger partial charge >= 0.3 is 0 Å². The van der Waals surface area contributed by atoms with Crippen molar-refractivity contribution in [2.75, 3.05) is 32.8 Å². The maximum Gasteiger partial charge on any atom is 0.240 e. The van der Waals surface area contributed by atoms with E-state index in [1.165, 1.54) is 11.1 Å². The highest BCUT2D eigenvalue weighted by Gasteiger charge is 2.35. The number of nitrogens with one attached hydrogen (secondary N) is 1. The maximum absolute atomic E-state index is 12.2. The minimum atomic E-state index is -0.743. The van der Waals surface area contributed by atoms with Crippen molar-refractivity contribution in [2.24, 2.45) is 5.73 Å². The van der Waals surface area contributed by atoms with E-state index in [1.807, 2.05) is 0 Å². The molecular weight excluding hydrogens is 278 g/mol. The minimum absolute atomic E-state index is 0.0341. The third-order valence-electron chi connectivity index (χ3n) is 4.76. The van der Waals surface area contributed by atoms with Gasteiger partial charge in [-0.25, -0.2) is 0 Å². The van der Waals surface area contributed by atoms with Gasteiger partial charge in [0.2, 0.25) is 5.91 Å². The predicted octanol–water partition coefficient (Wildman–Crippen LogP) is 0.669. The molecule has 1 aromatic rings. The van der Waals surface area contributed by atoms with Crippen LogP contribution in [0.4, 0.5) is 0 Å². The second kappa shape index (κ2) is 6.77. The van der Waals surface area contributed by atoms with E-state index in [2.05, 4.69) is 34.5 Å². The van der Waals surface area contributed by atoms with Gasteiger partial charge in [-0.3, -0.25) is 9.69 Å².